The maximum atomic E-state index is 2.72. The van der Waals surface area contributed by atoms with Crippen molar-refractivity contribution in [2.75, 3.05) is 32.7 Å². The number of hydrogen-bond acceptors (Lipinski definition) is 2. The van der Waals surface area contributed by atoms with Gasteiger partial charge in [-0.2, -0.15) is 0 Å². The van der Waals surface area contributed by atoms with Crippen molar-refractivity contribution in [3.05, 3.63) is 35.9 Å². The average molecular weight is 272 g/mol. The van der Waals surface area contributed by atoms with Gasteiger partial charge in [0.15, 0.2) is 0 Å². The highest BCUT2D eigenvalue weighted by Gasteiger charge is 2.28. The normalized spacial score (nSPS) is 26.1. The first-order chi connectivity index (χ1) is 9.83. The first-order valence-corrected chi connectivity index (χ1v) is 8.34. The third kappa shape index (κ3) is 3.42. The van der Waals surface area contributed by atoms with Crippen LogP contribution in [0.3, 0.4) is 0 Å². The fraction of sp³-hybridized carbons (Fsp3) is 0.667. The molecule has 2 unspecified atom stereocenters. The monoisotopic (exact) mass is 272 g/mol. The zero-order chi connectivity index (χ0) is 13.8. The summed E-state index contributed by atoms with van der Waals surface area (Å²) in [5, 5.41) is 0. The van der Waals surface area contributed by atoms with Crippen LogP contribution < -0.4 is 0 Å². The van der Waals surface area contributed by atoms with Gasteiger partial charge in [-0.25, -0.2) is 0 Å². The summed E-state index contributed by atoms with van der Waals surface area (Å²) in [5.41, 5.74) is 1.49. The van der Waals surface area contributed by atoms with Crippen LogP contribution in [0.2, 0.25) is 0 Å². The molecule has 2 heterocycles. The molecular weight excluding hydrogens is 244 g/mol. The second-order valence-electron chi connectivity index (χ2n) is 6.59. The highest BCUT2D eigenvalue weighted by atomic mass is 15.3. The molecule has 0 aromatic heterocycles. The molecule has 2 aliphatic heterocycles. The first kappa shape index (κ1) is 14.1. The molecule has 0 N–H and O–H groups in total. The van der Waals surface area contributed by atoms with Gasteiger partial charge in [-0.1, -0.05) is 43.7 Å². The van der Waals surface area contributed by atoms with Gasteiger partial charge in [-0.15, -0.1) is 0 Å². The molecule has 0 amide bonds. The Kier molecular flexibility index (Phi) is 4.74. The molecule has 20 heavy (non-hydrogen) atoms. The number of benzene rings is 1. The molecule has 3 rings (SSSR count). The molecule has 2 saturated heterocycles. The Hall–Kier alpha value is -0.860. The number of hydrogen-bond donors (Lipinski definition) is 0. The third-order valence-electron chi connectivity index (χ3n) is 5.17. The summed E-state index contributed by atoms with van der Waals surface area (Å²) >= 11 is 0. The predicted molar refractivity (Wildman–Crippen MR) is 85.1 cm³/mol. The van der Waals surface area contributed by atoms with E-state index in [-0.39, 0.29) is 0 Å². The Labute approximate surface area is 123 Å². The highest BCUT2D eigenvalue weighted by molar-refractivity contribution is 5.18. The lowest BCUT2D eigenvalue weighted by atomic mass is 9.96. The van der Waals surface area contributed by atoms with E-state index < -0.39 is 0 Å². The molecule has 2 atom stereocenters. The van der Waals surface area contributed by atoms with Crippen LogP contribution in [-0.2, 0) is 0 Å². The lowest BCUT2D eigenvalue weighted by Crippen LogP contribution is -2.54. The van der Waals surface area contributed by atoms with Crippen LogP contribution in [0.25, 0.3) is 0 Å². The summed E-state index contributed by atoms with van der Waals surface area (Å²) in [6, 6.07) is 11.8. The van der Waals surface area contributed by atoms with Crippen molar-refractivity contribution in [3.8, 4) is 0 Å². The topological polar surface area (TPSA) is 6.48 Å². The maximum absolute atomic E-state index is 2.72. The number of piperazine rings is 1. The molecule has 1 aromatic rings. The molecule has 2 aliphatic rings. The third-order valence-corrected chi connectivity index (χ3v) is 5.17. The van der Waals surface area contributed by atoms with Crippen molar-refractivity contribution in [1.29, 1.82) is 0 Å². The number of nitrogens with zero attached hydrogens (tertiary/aromatic N) is 2. The van der Waals surface area contributed by atoms with Crippen molar-refractivity contribution in [3.63, 3.8) is 0 Å². The van der Waals surface area contributed by atoms with Gasteiger partial charge < -0.3 is 4.90 Å². The Morgan fingerprint density at radius 1 is 1.10 bits per heavy atom. The Bertz CT molecular complexity index is 403. The van der Waals surface area contributed by atoms with Crippen LogP contribution in [0.1, 0.15) is 44.1 Å². The van der Waals surface area contributed by atoms with Crippen molar-refractivity contribution in [1.82, 2.24) is 9.80 Å². The van der Waals surface area contributed by atoms with Gasteiger partial charge in [-0.05, 0) is 43.8 Å². The van der Waals surface area contributed by atoms with Gasteiger partial charge in [0.05, 0.1) is 0 Å². The smallest absolute Gasteiger partial charge is 0.0223 e. The Morgan fingerprint density at radius 2 is 1.95 bits per heavy atom. The maximum Gasteiger partial charge on any atom is 0.0223 e. The van der Waals surface area contributed by atoms with E-state index >= 15 is 0 Å². The summed E-state index contributed by atoms with van der Waals surface area (Å²) in [6.07, 6.45) is 5.57. The second-order valence-corrected chi connectivity index (χ2v) is 6.59. The minimum Gasteiger partial charge on any atom is -0.300 e. The molecule has 0 aliphatic carbocycles. The SMILES string of the molecule is CC(CCN1CCN2CCCCC2C1)c1ccccc1. The van der Waals surface area contributed by atoms with E-state index in [1.807, 2.05) is 0 Å². The van der Waals surface area contributed by atoms with Crippen molar-refractivity contribution < 1.29 is 0 Å². The summed E-state index contributed by atoms with van der Waals surface area (Å²) in [5.74, 6) is 0.681. The lowest BCUT2D eigenvalue weighted by molar-refractivity contribution is 0.0482. The van der Waals surface area contributed by atoms with E-state index in [4.69, 9.17) is 0 Å². The van der Waals surface area contributed by atoms with Gasteiger partial charge >= 0.3 is 0 Å². The lowest BCUT2D eigenvalue weighted by Gasteiger charge is -2.44. The number of rotatable bonds is 4. The van der Waals surface area contributed by atoms with Crippen LogP contribution in [0.15, 0.2) is 30.3 Å². The fourth-order valence-electron chi connectivity index (χ4n) is 3.75. The van der Waals surface area contributed by atoms with E-state index in [0.29, 0.717) is 5.92 Å². The van der Waals surface area contributed by atoms with Gasteiger partial charge in [-0.3, -0.25) is 4.90 Å². The zero-order valence-electron chi connectivity index (χ0n) is 12.8. The minimum atomic E-state index is 0.681. The van der Waals surface area contributed by atoms with E-state index in [2.05, 4.69) is 47.1 Å². The summed E-state index contributed by atoms with van der Waals surface area (Å²) in [4.78, 5) is 5.42. The zero-order valence-corrected chi connectivity index (χ0v) is 12.8. The van der Waals surface area contributed by atoms with E-state index in [1.165, 1.54) is 64.0 Å². The largest absolute Gasteiger partial charge is 0.300 e. The van der Waals surface area contributed by atoms with Crippen molar-refractivity contribution in [2.24, 2.45) is 0 Å². The van der Waals surface area contributed by atoms with Crippen LogP contribution in [0.4, 0.5) is 0 Å². The van der Waals surface area contributed by atoms with E-state index in [9.17, 15) is 0 Å². The molecule has 0 radical (unpaired) electrons. The van der Waals surface area contributed by atoms with E-state index in [0.717, 1.165) is 6.04 Å². The molecule has 110 valence electrons. The van der Waals surface area contributed by atoms with Crippen LogP contribution in [-0.4, -0.2) is 48.6 Å². The molecule has 2 heteroatoms. The molecule has 1 aromatic carbocycles. The molecule has 0 spiro atoms. The molecule has 0 saturated carbocycles. The van der Waals surface area contributed by atoms with Gasteiger partial charge in [0, 0.05) is 25.7 Å². The second kappa shape index (κ2) is 6.73. The van der Waals surface area contributed by atoms with Gasteiger partial charge in [0.1, 0.15) is 0 Å². The van der Waals surface area contributed by atoms with Crippen LogP contribution >= 0.6 is 0 Å². The quantitative estimate of drug-likeness (QED) is 0.829. The summed E-state index contributed by atoms with van der Waals surface area (Å²) < 4.78 is 0. The van der Waals surface area contributed by atoms with Gasteiger partial charge in [0.25, 0.3) is 0 Å². The summed E-state index contributed by atoms with van der Waals surface area (Å²) in [7, 11) is 0. The number of fused-ring (bicyclic) bond motifs is 1. The molecular formula is C18H28N2. The fourth-order valence-corrected chi connectivity index (χ4v) is 3.75. The summed E-state index contributed by atoms with van der Waals surface area (Å²) in [6.45, 7) is 8.86. The highest BCUT2D eigenvalue weighted by Crippen LogP contribution is 2.23. The predicted octanol–water partition coefficient (Wildman–Crippen LogP) is 3.35. The Morgan fingerprint density at radius 3 is 2.80 bits per heavy atom. The first-order valence-electron chi connectivity index (χ1n) is 8.34. The van der Waals surface area contributed by atoms with Crippen molar-refractivity contribution in [2.45, 2.75) is 44.6 Å². The average Bonchev–Trinajstić information content (AvgIpc) is 2.53. The standard InChI is InChI=1S/C18H28N2/c1-16(17-7-3-2-4-8-17)10-12-19-13-14-20-11-6-5-9-18(20)15-19/h2-4,7-8,16,18H,5-6,9-15H2,1H3. The molecule has 2 nitrogen and oxygen atoms in total. The van der Waals surface area contributed by atoms with Crippen LogP contribution in [0, 0.1) is 0 Å². The van der Waals surface area contributed by atoms with Gasteiger partial charge in [0.2, 0.25) is 0 Å². The molecule has 0 bridgehead atoms. The Balaban J connectivity index is 1.47. The molecule has 2 fully saturated rings. The van der Waals surface area contributed by atoms with Crippen molar-refractivity contribution >= 4 is 0 Å². The van der Waals surface area contributed by atoms with Crippen LogP contribution in [0.5, 0.6) is 0 Å². The minimum absolute atomic E-state index is 0.681. The number of piperidine rings is 1. The van der Waals surface area contributed by atoms with E-state index in [1.54, 1.807) is 0 Å².